The third-order valence-electron chi connectivity index (χ3n) is 4.41. The van der Waals surface area contributed by atoms with Crippen molar-refractivity contribution in [2.75, 3.05) is 30.9 Å². The molecule has 7 heteroatoms. The number of hydrogen-bond acceptors (Lipinski definition) is 6. The van der Waals surface area contributed by atoms with E-state index in [2.05, 4.69) is 31.3 Å². The molecule has 6 nitrogen and oxygen atoms in total. The first kappa shape index (κ1) is 17.7. The maximum atomic E-state index is 6.04. The molecule has 0 bridgehead atoms. The van der Waals surface area contributed by atoms with E-state index in [4.69, 9.17) is 11.6 Å². The fraction of sp³-hybridized carbons (Fsp3) is 0.300. The molecule has 0 saturated heterocycles. The number of halogens is 1. The molecule has 138 valence electrons. The molecule has 1 aliphatic carbocycles. The van der Waals surface area contributed by atoms with Crippen molar-refractivity contribution in [2.45, 2.75) is 12.8 Å². The summed E-state index contributed by atoms with van der Waals surface area (Å²) < 4.78 is 0. The third kappa shape index (κ3) is 4.52. The maximum Gasteiger partial charge on any atom is 0.233 e. The van der Waals surface area contributed by atoms with Crippen molar-refractivity contribution < 1.29 is 0 Å². The number of benzene rings is 1. The first-order valence-electron chi connectivity index (χ1n) is 8.96. The molecule has 0 atom stereocenters. The number of nitrogens with one attached hydrogen (secondary N) is 1. The van der Waals surface area contributed by atoms with Gasteiger partial charge in [0, 0.05) is 19.1 Å². The Morgan fingerprint density at radius 1 is 1.15 bits per heavy atom. The molecule has 2 aliphatic rings. The molecule has 0 amide bonds. The predicted molar refractivity (Wildman–Crippen MR) is 111 cm³/mol. The average molecular weight is 381 g/mol. The summed E-state index contributed by atoms with van der Waals surface area (Å²) in [6.45, 7) is 0.778. The highest BCUT2D eigenvalue weighted by molar-refractivity contribution is 6.30. The van der Waals surface area contributed by atoms with E-state index in [1.54, 1.807) is 0 Å². The van der Waals surface area contributed by atoms with Crippen molar-refractivity contribution in [1.29, 1.82) is 0 Å². The zero-order valence-corrected chi connectivity index (χ0v) is 16.1. The van der Waals surface area contributed by atoms with Gasteiger partial charge in [-0.2, -0.15) is 15.0 Å². The third-order valence-corrected chi connectivity index (χ3v) is 4.65. The van der Waals surface area contributed by atoms with Gasteiger partial charge in [-0.1, -0.05) is 29.8 Å². The van der Waals surface area contributed by atoms with E-state index in [-0.39, 0.29) is 0 Å². The largest absolute Gasteiger partial charge is 0.347 e. The Kier molecular flexibility index (Phi) is 4.90. The summed E-state index contributed by atoms with van der Waals surface area (Å²) in [5.74, 6) is 3.19. The van der Waals surface area contributed by atoms with Gasteiger partial charge in [0.2, 0.25) is 11.9 Å². The molecule has 1 aromatic carbocycles. The predicted octanol–water partition coefficient (Wildman–Crippen LogP) is 3.92. The SMILES string of the molecule is CN(C)c1nc(/C=C/c2cccc(Cl)c2)nc(NC2=NCC(C3CC3)=C2)n1. The molecule has 0 radical (unpaired) electrons. The second kappa shape index (κ2) is 7.48. The highest BCUT2D eigenvalue weighted by Gasteiger charge is 2.28. The zero-order chi connectivity index (χ0) is 18.8. The van der Waals surface area contributed by atoms with Crippen LogP contribution in [0.5, 0.6) is 0 Å². The number of anilines is 2. The fourth-order valence-electron chi connectivity index (χ4n) is 2.83. The number of rotatable bonds is 5. The number of aromatic nitrogens is 3. The molecule has 1 N–H and O–H groups in total. The van der Waals surface area contributed by atoms with Gasteiger partial charge in [-0.15, -0.1) is 0 Å². The van der Waals surface area contributed by atoms with E-state index < -0.39 is 0 Å². The van der Waals surface area contributed by atoms with E-state index >= 15 is 0 Å². The molecule has 1 aromatic heterocycles. The molecule has 27 heavy (non-hydrogen) atoms. The molecular weight excluding hydrogens is 360 g/mol. The molecule has 1 aliphatic heterocycles. The first-order valence-corrected chi connectivity index (χ1v) is 9.33. The minimum absolute atomic E-state index is 0.492. The number of nitrogens with zero attached hydrogens (tertiary/aromatic N) is 5. The Morgan fingerprint density at radius 2 is 2.00 bits per heavy atom. The van der Waals surface area contributed by atoms with Crippen molar-refractivity contribution in [3.05, 3.63) is 52.3 Å². The van der Waals surface area contributed by atoms with Crippen LogP contribution in [0.4, 0.5) is 11.9 Å². The van der Waals surface area contributed by atoms with Crippen LogP contribution < -0.4 is 10.2 Å². The van der Waals surface area contributed by atoms with Gasteiger partial charge in [0.15, 0.2) is 5.82 Å². The van der Waals surface area contributed by atoms with Crippen LogP contribution in [0.25, 0.3) is 12.2 Å². The molecule has 1 saturated carbocycles. The number of aliphatic imine (C=N–C) groups is 1. The summed E-state index contributed by atoms with van der Waals surface area (Å²) in [6, 6.07) is 7.63. The molecule has 0 unspecified atom stereocenters. The van der Waals surface area contributed by atoms with Crippen molar-refractivity contribution in [3.8, 4) is 0 Å². The minimum Gasteiger partial charge on any atom is -0.347 e. The Labute approximate surface area is 163 Å². The van der Waals surface area contributed by atoms with E-state index in [0.717, 1.165) is 23.9 Å². The molecule has 1 fully saturated rings. The van der Waals surface area contributed by atoms with Gasteiger partial charge in [-0.25, -0.2) is 0 Å². The lowest BCUT2D eigenvalue weighted by Gasteiger charge is -2.12. The highest BCUT2D eigenvalue weighted by Crippen LogP contribution is 2.37. The van der Waals surface area contributed by atoms with Crippen molar-refractivity contribution in [3.63, 3.8) is 0 Å². The van der Waals surface area contributed by atoms with Crippen LogP contribution in [0.3, 0.4) is 0 Å². The van der Waals surface area contributed by atoms with Gasteiger partial charge >= 0.3 is 0 Å². The summed E-state index contributed by atoms with van der Waals surface area (Å²) in [5.41, 5.74) is 2.39. The highest BCUT2D eigenvalue weighted by atomic mass is 35.5. The van der Waals surface area contributed by atoms with Crippen LogP contribution >= 0.6 is 11.6 Å². The van der Waals surface area contributed by atoms with Crippen molar-refractivity contribution in [2.24, 2.45) is 10.9 Å². The van der Waals surface area contributed by atoms with Crippen molar-refractivity contribution in [1.82, 2.24) is 15.0 Å². The quantitative estimate of drug-likeness (QED) is 0.851. The maximum absolute atomic E-state index is 6.04. The summed E-state index contributed by atoms with van der Waals surface area (Å²) in [6.07, 6.45) is 8.47. The van der Waals surface area contributed by atoms with Gasteiger partial charge in [0.1, 0.15) is 5.84 Å². The smallest absolute Gasteiger partial charge is 0.233 e. The van der Waals surface area contributed by atoms with E-state index in [1.165, 1.54) is 18.4 Å². The van der Waals surface area contributed by atoms with Crippen LogP contribution in [0, 0.1) is 5.92 Å². The molecule has 2 aromatic rings. The molecular formula is C20H21ClN6. The van der Waals surface area contributed by atoms with E-state index in [0.29, 0.717) is 22.7 Å². The van der Waals surface area contributed by atoms with E-state index in [9.17, 15) is 0 Å². The summed E-state index contributed by atoms with van der Waals surface area (Å²) in [7, 11) is 3.81. The van der Waals surface area contributed by atoms with Gasteiger partial charge < -0.3 is 10.2 Å². The average Bonchev–Trinajstić information content (AvgIpc) is 3.40. The standard InChI is InChI=1S/C20H21ClN6/c1-27(2)20-25-17(9-6-13-4-3-5-16(21)10-13)23-19(26-20)24-18-11-15(12-22-18)14-7-8-14/h3-6,9-11,14H,7-8,12H2,1-2H3,(H,22,23,24,25,26)/b9-6+. The van der Waals surface area contributed by atoms with Crippen LogP contribution in [-0.4, -0.2) is 41.4 Å². The monoisotopic (exact) mass is 380 g/mol. The summed E-state index contributed by atoms with van der Waals surface area (Å²) in [4.78, 5) is 19.9. The Morgan fingerprint density at radius 3 is 2.74 bits per heavy atom. The number of hydrogen-bond donors (Lipinski definition) is 1. The first-order chi connectivity index (χ1) is 13.1. The van der Waals surface area contributed by atoms with E-state index in [1.807, 2.05) is 55.4 Å². The topological polar surface area (TPSA) is 66.3 Å². The number of amidine groups is 1. The van der Waals surface area contributed by atoms with Crippen molar-refractivity contribution >= 4 is 41.5 Å². The Balaban J connectivity index is 1.56. The Bertz CT molecular complexity index is 943. The van der Waals surface area contributed by atoms with Crippen LogP contribution in [-0.2, 0) is 0 Å². The molecule has 0 spiro atoms. The lowest BCUT2D eigenvalue weighted by Crippen LogP contribution is -2.17. The van der Waals surface area contributed by atoms with Crippen LogP contribution in [0.2, 0.25) is 5.02 Å². The van der Waals surface area contributed by atoms with Gasteiger partial charge in [0.25, 0.3) is 0 Å². The minimum atomic E-state index is 0.492. The summed E-state index contributed by atoms with van der Waals surface area (Å²) in [5, 5.41) is 3.92. The van der Waals surface area contributed by atoms with Gasteiger partial charge in [-0.05, 0) is 54.2 Å². The Hall–Kier alpha value is -2.73. The second-order valence-corrected chi connectivity index (χ2v) is 7.36. The lowest BCUT2D eigenvalue weighted by molar-refractivity contribution is 0.952. The normalized spacial score (nSPS) is 16.4. The van der Waals surface area contributed by atoms with Crippen LogP contribution in [0.15, 0.2) is 40.9 Å². The van der Waals surface area contributed by atoms with Gasteiger partial charge in [-0.3, -0.25) is 4.99 Å². The van der Waals surface area contributed by atoms with Gasteiger partial charge in [0.05, 0.1) is 6.54 Å². The lowest BCUT2D eigenvalue weighted by atomic mass is 10.2. The zero-order valence-electron chi connectivity index (χ0n) is 15.4. The van der Waals surface area contributed by atoms with Crippen LogP contribution in [0.1, 0.15) is 24.2 Å². The molecule has 4 rings (SSSR count). The summed E-state index contributed by atoms with van der Waals surface area (Å²) >= 11 is 6.04. The second-order valence-electron chi connectivity index (χ2n) is 6.92. The molecule has 2 heterocycles. The fourth-order valence-corrected chi connectivity index (χ4v) is 3.03.